The number of nitrogens with zero attached hydrogens (tertiary/aromatic N) is 2. The Morgan fingerprint density at radius 1 is 1.44 bits per heavy atom. The van der Waals surface area contributed by atoms with Crippen LogP contribution < -0.4 is 4.74 Å². The van der Waals surface area contributed by atoms with Gasteiger partial charge in [0.1, 0.15) is 0 Å². The van der Waals surface area contributed by atoms with E-state index in [-0.39, 0.29) is 11.3 Å². The highest BCUT2D eigenvalue weighted by molar-refractivity contribution is 5.43. The van der Waals surface area contributed by atoms with Crippen LogP contribution in [0.15, 0.2) is 6.20 Å². The quantitative estimate of drug-likeness (QED) is 0.788. The molecule has 18 heavy (non-hydrogen) atoms. The zero-order valence-corrected chi connectivity index (χ0v) is 9.05. The lowest BCUT2D eigenvalue weighted by molar-refractivity contribution is -0.275. The monoisotopic (exact) mass is 266 g/mol. The highest BCUT2D eigenvalue weighted by Gasteiger charge is 2.34. The van der Waals surface area contributed by atoms with Crippen LogP contribution in [0, 0.1) is 18.3 Å². The summed E-state index contributed by atoms with van der Waals surface area (Å²) < 4.78 is 65.2. The van der Waals surface area contributed by atoms with Gasteiger partial charge in [-0.1, -0.05) is 0 Å². The van der Waals surface area contributed by atoms with E-state index in [4.69, 9.17) is 5.26 Å². The van der Waals surface area contributed by atoms with Gasteiger partial charge in [-0.3, -0.25) is 4.98 Å². The van der Waals surface area contributed by atoms with E-state index in [1.54, 1.807) is 6.07 Å². The first-order chi connectivity index (χ1) is 8.26. The van der Waals surface area contributed by atoms with E-state index >= 15 is 0 Å². The molecule has 0 fully saturated rings. The van der Waals surface area contributed by atoms with E-state index in [2.05, 4.69) is 9.72 Å². The van der Waals surface area contributed by atoms with Gasteiger partial charge >= 0.3 is 6.36 Å². The van der Waals surface area contributed by atoms with Gasteiger partial charge in [-0.2, -0.15) is 5.26 Å². The predicted molar refractivity (Wildman–Crippen MR) is 49.9 cm³/mol. The van der Waals surface area contributed by atoms with Crippen molar-refractivity contribution in [2.75, 3.05) is 0 Å². The average molecular weight is 266 g/mol. The predicted octanol–water partition coefficient (Wildman–Crippen LogP) is 3.29. The van der Waals surface area contributed by atoms with Gasteiger partial charge < -0.3 is 4.74 Å². The normalized spacial score (nSPS) is 11.4. The number of hydrogen-bond donors (Lipinski definition) is 0. The van der Waals surface area contributed by atoms with Crippen LogP contribution in [0.4, 0.5) is 22.0 Å². The number of nitriles is 1. The largest absolute Gasteiger partial charge is 0.573 e. The molecule has 3 nitrogen and oxygen atoms in total. The molecule has 0 aromatic carbocycles. The van der Waals surface area contributed by atoms with Crippen LogP contribution >= 0.6 is 0 Å². The fourth-order valence-corrected chi connectivity index (χ4v) is 1.32. The summed E-state index contributed by atoms with van der Waals surface area (Å²) in [5.74, 6) is -0.832. The summed E-state index contributed by atoms with van der Waals surface area (Å²) in [6, 6.07) is 1.59. The first-order valence-corrected chi connectivity index (χ1v) is 4.65. The fourth-order valence-electron chi connectivity index (χ4n) is 1.32. The van der Waals surface area contributed by atoms with Gasteiger partial charge in [-0.25, -0.2) is 8.78 Å². The van der Waals surface area contributed by atoms with Crippen molar-refractivity contribution in [1.29, 1.82) is 5.26 Å². The summed E-state index contributed by atoms with van der Waals surface area (Å²) >= 11 is 0. The molecular weight excluding hydrogens is 259 g/mol. The lowest BCUT2D eigenvalue weighted by Gasteiger charge is -2.16. The van der Waals surface area contributed by atoms with E-state index in [1.807, 2.05) is 0 Å². The van der Waals surface area contributed by atoms with Crippen molar-refractivity contribution in [2.24, 2.45) is 0 Å². The smallest absolute Gasteiger partial charge is 0.403 e. The molecule has 8 heteroatoms. The number of aromatic nitrogens is 1. The molecule has 0 atom stereocenters. The summed E-state index contributed by atoms with van der Waals surface area (Å²) in [5, 5.41) is 8.44. The van der Waals surface area contributed by atoms with E-state index in [1.165, 1.54) is 0 Å². The molecule has 1 aromatic rings. The van der Waals surface area contributed by atoms with Gasteiger partial charge in [-0.05, 0) is 6.92 Å². The molecule has 0 unspecified atom stereocenters. The van der Waals surface area contributed by atoms with Gasteiger partial charge in [0.05, 0.1) is 18.2 Å². The molecule has 0 saturated heterocycles. The third-order valence-corrected chi connectivity index (χ3v) is 2.09. The maximum atomic E-state index is 12.5. The minimum absolute atomic E-state index is 0.322. The number of pyridine rings is 1. The zero-order chi connectivity index (χ0) is 13.9. The number of rotatable bonds is 3. The first kappa shape index (κ1) is 14.2. The molecule has 1 aromatic heterocycles. The summed E-state index contributed by atoms with van der Waals surface area (Å²) in [6.45, 7) is 1.06. The minimum atomic E-state index is -5.03. The summed E-state index contributed by atoms with van der Waals surface area (Å²) in [5.41, 5.74) is -1.35. The molecule has 0 spiro atoms. The van der Waals surface area contributed by atoms with E-state index in [9.17, 15) is 22.0 Å². The highest BCUT2D eigenvalue weighted by atomic mass is 19.4. The Morgan fingerprint density at radius 2 is 2.06 bits per heavy atom. The number of halogens is 5. The second-order valence-corrected chi connectivity index (χ2v) is 3.30. The highest BCUT2D eigenvalue weighted by Crippen LogP contribution is 2.34. The average Bonchev–Trinajstić information content (AvgIpc) is 2.21. The Morgan fingerprint density at radius 3 is 2.50 bits per heavy atom. The van der Waals surface area contributed by atoms with Gasteiger partial charge in [0.2, 0.25) is 0 Å². The molecule has 0 saturated carbocycles. The van der Waals surface area contributed by atoms with Crippen LogP contribution in [0.2, 0.25) is 0 Å². The minimum Gasteiger partial charge on any atom is -0.403 e. The van der Waals surface area contributed by atoms with Crippen molar-refractivity contribution in [3.05, 3.63) is 23.0 Å². The Bertz CT molecular complexity index is 478. The number of hydrogen-bond acceptors (Lipinski definition) is 3. The van der Waals surface area contributed by atoms with Crippen LogP contribution in [-0.2, 0) is 6.42 Å². The van der Waals surface area contributed by atoms with Gasteiger partial charge in [-0.15, -0.1) is 13.2 Å². The Hall–Kier alpha value is -1.91. The molecule has 1 heterocycles. The summed E-state index contributed by atoms with van der Waals surface area (Å²) in [4.78, 5) is 3.41. The molecule has 0 aliphatic heterocycles. The molecule has 0 aliphatic rings. The van der Waals surface area contributed by atoms with E-state index in [0.29, 0.717) is 0 Å². The molecule has 0 bridgehead atoms. The van der Waals surface area contributed by atoms with E-state index < -0.39 is 30.5 Å². The third-order valence-electron chi connectivity index (χ3n) is 2.09. The van der Waals surface area contributed by atoms with Crippen molar-refractivity contribution in [2.45, 2.75) is 26.1 Å². The molecule has 0 N–H and O–H groups in total. The van der Waals surface area contributed by atoms with Crippen LogP contribution in [0.5, 0.6) is 5.75 Å². The SMILES string of the molecule is Cc1c(C(F)F)cnc(CC#N)c1OC(F)(F)F. The number of ether oxygens (including phenoxy) is 1. The van der Waals surface area contributed by atoms with Crippen LogP contribution in [0.3, 0.4) is 0 Å². The van der Waals surface area contributed by atoms with Gasteiger partial charge in [0.25, 0.3) is 6.43 Å². The standard InChI is InChI=1S/C10H7F5N2O/c1-5-6(9(11)12)4-17-7(2-3-16)8(5)18-10(13,14)15/h4,9H,2H2,1H3. The molecule has 1 rings (SSSR count). The first-order valence-electron chi connectivity index (χ1n) is 4.65. The summed E-state index contributed by atoms with van der Waals surface area (Å²) in [7, 11) is 0. The molecule has 98 valence electrons. The molecule has 0 radical (unpaired) electrons. The topological polar surface area (TPSA) is 45.9 Å². The Labute approximate surface area is 98.8 Å². The zero-order valence-electron chi connectivity index (χ0n) is 9.05. The van der Waals surface area contributed by atoms with Crippen molar-refractivity contribution in [1.82, 2.24) is 4.98 Å². The second kappa shape index (κ2) is 5.16. The lowest BCUT2D eigenvalue weighted by Crippen LogP contribution is -2.20. The maximum Gasteiger partial charge on any atom is 0.573 e. The van der Waals surface area contributed by atoms with Gasteiger partial charge in [0.15, 0.2) is 5.75 Å². The number of alkyl halides is 5. The third kappa shape index (κ3) is 3.29. The van der Waals surface area contributed by atoms with Crippen molar-refractivity contribution < 1.29 is 26.7 Å². The van der Waals surface area contributed by atoms with Crippen LogP contribution in [-0.4, -0.2) is 11.3 Å². The molecule has 0 aliphatic carbocycles. The van der Waals surface area contributed by atoms with Crippen molar-refractivity contribution in [3.63, 3.8) is 0 Å². The fraction of sp³-hybridized carbons (Fsp3) is 0.400. The van der Waals surface area contributed by atoms with Crippen LogP contribution in [0.25, 0.3) is 0 Å². The Balaban J connectivity index is 3.32. The van der Waals surface area contributed by atoms with E-state index in [0.717, 1.165) is 13.1 Å². The van der Waals surface area contributed by atoms with Gasteiger partial charge in [0, 0.05) is 17.3 Å². The second-order valence-electron chi connectivity index (χ2n) is 3.30. The summed E-state index contributed by atoms with van der Waals surface area (Å²) in [6.07, 6.45) is -7.72. The molecular formula is C10H7F5N2O. The lowest BCUT2D eigenvalue weighted by atomic mass is 10.1. The van der Waals surface area contributed by atoms with Crippen molar-refractivity contribution in [3.8, 4) is 11.8 Å². The van der Waals surface area contributed by atoms with Crippen LogP contribution in [0.1, 0.15) is 23.2 Å². The maximum absolute atomic E-state index is 12.5. The molecule has 0 amide bonds. The van der Waals surface area contributed by atoms with Crippen molar-refractivity contribution >= 4 is 0 Å². The Kier molecular flexibility index (Phi) is 4.06.